The van der Waals surface area contributed by atoms with Crippen molar-refractivity contribution in [3.63, 3.8) is 0 Å². The summed E-state index contributed by atoms with van der Waals surface area (Å²) in [4.78, 5) is 4.22. The van der Waals surface area contributed by atoms with Gasteiger partial charge in [-0.1, -0.05) is 32.4 Å². The fourth-order valence-electron chi connectivity index (χ4n) is 1.09. The molecule has 2 nitrogen and oxygen atoms in total. The van der Waals surface area contributed by atoms with Crippen molar-refractivity contribution in [3.8, 4) is 0 Å². The van der Waals surface area contributed by atoms with Gasteiger partial charge in [0.05, 0.1) is 6.20 Å². The molecule has 1 aromatic heterocycles. The van der Waals surface area contributed by atoms with Crippen molar-refractivity contribution in [1.82, 2.24) is 9.55 Å². The summed E-state index contributed by atoms with van der Waals surface area (Å²) in [6, 6.07) is 0. The van der Waals surface area contributed by atoms with Crippen LogP contribution in [0.2, 0.25) is 5.15 Å². The number of hydrogen-bond donors (Lipinski definition) is 0. The van der Waals surface area contributed by atoms with Crippen LogP contribution in [0, 0.1) is 0 Å². The second kappa shape index (κ2) is 2.52. The molecule has 0 saturated carbocycles. The van der Waals surface area contributed by atoms with Crippen LogP contribution < -0.4 is 0 Å². The molecule has 0 spiro atoms. The number of hydrogen-bond acceptors (Lipinski definition) is 1. The van der Waals surface area contributed by atoms with Gasteiger partial charge in [-0.2, -0.15) is 0 Å². The summed E-state index contributed by atoms with van der Waals surface area (Å²) < 4.78 is 1.90. The Balaban J connectivity index is 3.15. The van der Waals surface area contributed by atoms with Gasteiger partial charge in [0.25, 0.3) is 0 Å². The molecular formula is C8H13ClN2. The first-order valence-electron chi connectivity index (χ1n) is 3.60. The van der Waals surface area contributed by atoms with Gasteiger partial charge < -0.3 is 4.57 Å². The van der Waals surface area contributed by atoms with E-state index < -0.39 is 0 Å². The summed E-state index contributed by atoms with van der Waals surface area (Å²) >= 11 is 5.84. The molecule has 0 N–H and O–H groups in total. The lowest BCUT2D eigenvalue weighted by molar-refractivity contribution is 0.523. The molecule has 0 aliphatic heterocycles. The van der Waals surface area contributed by atoms with Gasteiger partial charge in [0.15, 0.2) is 0 Å². The van der Waals surface area contributed by atoms with Crippen LogP contribution in [0.1, 0.15) is 26.6 Å². The van der Waals surface area contributed by atoms with Crippen LogP contribution in [0.15, 0.2) is 6.20 Å². The predicted molar refractivity (Wildman–Crippen MR) is 46.9 cm³/mol. The highest BCUT2D eigenvalue weighted by atomic mass is 35.5. The van der Waals surface area contributed by atoms with Crippen LogP contribution in [0.3, 0.4) is 0 Å². The zero-order chi connectivity index (χ0) is 8.65. The van der Waals surface area contributed by atoms with E-state index in [0.717, 1.165) is 5.82 Å². The van der Waals surface area contributed by atoms with Crippen LogP contribution in [-0.2, 0) is 12.5 Å². The second-order valence-corrected chi connectivity index (χ2v) is 4.10. The highest BCUT2D eigenvalue weighted by molar-refractivity contribution is 6.29. The molecule has 0 saturated heterocycles. The number of halogens is 1. The molecular weight excluding hydrogens is 160 g/mol. The van der Waals surface area contributed by atoms with Crippen molar-refractivity contribution in [2.75, 3.05) is 0 Å². The maximum Gasteiger partial charge on any atom is 0.128 e. The zero-order valence-corrected chi connectivity index (χ0v) is 8.11. The van der Waals surface area contributed by atoms with Crippen molar-refractivity contribution in [2.45, 2.75) is 26.2 Å². The average molecular weight is 173 g/mol. The van der Waals surface area contributed by atoms with E-state index in [1.54, 1.807) is 6.20 Å². The third-order valence-corrected chi connectivity index (χ3v) is 1.95. The van der Waals surface area contributed by atoms with E-state index in [4.69, 9.17) is 11.6 Å². The first-order chi connectivity index (χ1) is 4.93. The van der Waals surface area contributed by atoms with Crippen LogP contribution >= 0.6 is 11.6 Å². The lowest BCUT2D eigenvalue weighted by atomic mass is 9.96. The van der Waals surface area contributed by atoms with Crippen molar-refractivity contribution in [2.24, 2.45) is 7.05 Å². The molecule has 0 radical (unpaired) electrons. The minimum atomic E-state index is 0.0713. The highest BCUT2D eigenvalue weighted by Crippen LogP contribution is 2.22. The Hall–Kier alpha value is -0.500. The normalized spacial score (nSPS) is 12.1. The van der Waals surface area contributed by atoms with Gasteiger partial charge in [-0.3, -0.25) is 0 Å². The molecule has 0 aliphatic carbocycles. The SMILES string of the molecule is Cn1c(Cl)cnc1C(C)(C)C. The summed E-state index contributed by atoms with van der Waals surface area (Å²) in [5.74, 6) is 1.02. The van der Waals surface area contributed by atoms with Gasteiger partial charge in [0.1, 0.15) is 11.0 Å². The number of aromatic nitrogens is 2. The molecule has 11 heavy (non-hydrogen) atoms. The third kappa shape index (κ3) is 1.56. The van der Waals surface area contributed by atoms with E-state index in [0.29, 0.717) is 5.15 Å². The summed E-state index contributed by atoms with van der Waals surface area (Å²) in [6.45, 7) is 6.35. The number of imidazole rings is 1. The number of rotatable bonds is 0. The van der Waals surface area contributed by atoms with E-state index in [1.807, 2.05) is 11.6 Å². The van der Waals surface area contributed by atoms with Gasteiger partial charge in [-0.15, -0.1) is 0 Å². The molecule has 0 aromatic carbocycles. The summed E-state index contributed by atoms with van der Waals surface area (Å²) in [6.07, 6.45) is 1.68. The lowest BCUT2D eigenvalue weighted by Crippen LogP contribution is -2.17. The van der Waals surface area contributed by atoms with Gasteiger partial charge in [0, 0.05) is 12.5 Å². The summed E-state index contributed by atoms with van der Waals surface area (Å²) in [5.41, 5.74) is 0.0713. The Bertz CT molecular complexity index is 258. The Morgan fingerprint density at radius 2 is 2.00 bits per heavy atom. The topological polar surface area (TPSA) is 17.8 Å². The van der Waals surface area contributed by atoms with E-state index in [2.05, 4.69) is 25.8 Å². The van der Waals surface area contributed by atoms with Gasteiger partial charge in [-0.05, 0) is 0 Å². The molecule has 0 fully saturated rings. The smallest absolute Gasteiger partial charge is 0.128 e. The molecule has 0 bridgehead atoms. The van der Waals surface area contributed by atoms with E-state index in [1.165, 1.54) is 0 Å². The Morgan fingerprint density at radius 1 is 1.45 bits per heavy atom. The number of nitrogens with zero attached hydrogens (tertiary/aromatic N) is 2. The standard InChI is InChI=1S/C8H13ClN2/c1-8(2,3)7-10-5-6(9)11(7)4/h5H,1-4H3. The average Bonchev–Trinajstić information content (AvgIpc) is 2.11. The molecule has 0 atom stereocenters. The molecule has 1 aromatic rings. The second-order valence-electron chi connectivity index (χ2n) is 3.71. The van der Waals surface area contributed by atoms with Crippen molar-refractivity contribution in [1.29, 1.82) is 0 Å². The van der Waals surface area contributed by atoms with Crippen LogP contribution in [0.4, 0.5) is 0 Å². The van der Waals surface area contributed by atoms with Crippen molar-refractivity contribution >= 4 is 11.6 Å². The van der Waals surface area contributed by atoms with Gasteiger partial charge in [0.2, 0.25) is 0 Å². The van der Waals surface area contributed by atoms with Crippen LogP contribution in [0.5, 0.6) is 0 Å². The summed E-state index contributed by atoms with van der Waals surface area (Å²) in [7, 11) is 1.93. The highest BCUT2D eigenvalue weighted by Gasteiger charge is 2.19. The molecule has 0 amide bonds. The molecule has 62 valence electrons. The Labute approximate surface area is 72.2 Å². The van der Waals surface area contributed by atoms with Crippen LogP contribution in [0.25, 0.3) is 0 Å². The minimum absolute atomic E-state index is 0.0713. The predicted octanol–water partition coefficient (Wildman–Crippen LogP) is 2.37. The quantitative estimate of drug-likeness (QED) is 0.588. The lowest BCUT2D eigenvalue weighted by Gasteiger charge is -2.17. The maximum absolute atomic E-state index is 5.84. The monoisotopic (exact) mass is 172 g/mol. The minimum Gasteiger partial charge on any atom is -0.322 e. The molecule has 3 heteroatoms. The maximum atomic E-state index is 5.84. The Kier molecular flexibility index (Phi) is 1.97. The van der Waals surface area contributed by atoms with E-state index in [9.17, 15) is 0 Å². The fourth-order valence-corrected chi connectivity index (χ4v) is 1.21. The van der Waals surface area contributed by atoms with Crippen LogP contribution in [-0.4, -0.2) is 9.55 Å². The first-order valence-corrected chi connectivity index (χ1v) is 3.98. The summed E-state index contributed by atoms with van der Waals surface area (Å²) in [5, 5.41) is 0.690. The van der Waals surface area contributed by atoms with E-state index in [-0.39, 0.29) is 5.41 Å². The van der Waals surface area contributed by atoms with Gasteiger partial charge >= 0.3 is 0 Å². The Morgan fingerprint density at radius 3 is 2.18 bits per heavy atom. The fraction of sp³-hybridized carbons (Fsp3) is 0.625. The van der Waals surface area contributed by atoms with Crippen molar-refractivity contribution < 1.29 is 0 Å². The van der Waals surface area contributed by atoms with Crippen molar-refractivity contribution in [3.05, 3.63) is 17.2 Å². The largest absolute Gasteiger partial charge is 0.322 e. The third-order valence-electron chi connectivity index (χ3n) is 1.60. The first kappa shape index (κ1) is 8.60. The zero-order valence-electron chi connectivity index (χ0n) is 7.35. The molecule has 0 aliphatic rings. The van der Waals surface area contributed by atoms with E-state index >= 15 is 0 Å². The molecule has 0 unspecified atom stereocenters. The molecule has 1 heterocycles. The molecule has 1 rings (SSSR count). The van der Waals surface area contributed by atoms with Gasteiger partial charge in [-0.25, -0.2) is 4.98 Å².